The normalized spacial score (nSPS) is 18.9. The van der Waals surface area contributed by atoms with Gasteiger partial charge in [0.25, 0.3) is 0 Å². The molecule has 0 unspecified atom stereocenters. The molecule has 2 N–H and O–H groups in total. The van der Waals surface area contributed by atoms with Gasteiger partial charge in [-0.25, -0.2) is 4.79 Å². The minimum atomic E-state index is -0.159. The van der Waals surface area contributed by atoms with Crippen molar-refractivity contribution in [3.8, 4) is 12.3 Å². The van der Waals surface area contributed by atoms with Gasteiger partial charge in [0.15, 0.2) is 0 Å². The molecule has 1 fully saturated rings. The Labute approximate surface area is 110 Å². The van der Waals surface area contributed by atoms with Gasteiger partial charge in [-0.15, -0.1) is 6.42 Å². The maximum Gasteiger partial charge on any atom is 0.315 e. The molecule has 0 spiro atoms. The summed E-state index contributed by atoms with van der Waals surface area (Å²) in [7, 11) is 2.16. The van der Waals surface area contributed by atoms with Gasteiger partial charge in [-0.05, 0) is 51.7 Å². The van der Waals surface area contributed by atoms with E-state index in [2.05, 4.69) is 28.5 Å². The summed E-state index contributed by atoms with van der Waals surface area (Å²) in [5.41, 5.74) is 0. The number of terminal acetylenes is 1. The van der Waals surface area contributed by atoms with Crippen LogP contribution in [0.5, 0.6) is 0 Å². The second-order valence-electron chi connectivity index (χ2n) is 5.06. The van der Waals surface area contributed by atoms with Gasteiger partial charge in [-0.2, -0.15) is 0 Å². The topological polar surface area (TPSA) is 44.4 Å². The molecule has 0 aromatic rings. The molecule has 0 saturated carbocycles. The van der Waals surface area contributed by atoms with Crippen molar-refractivity contribution in [3.63, 3.8) is 0 Å². The molecule has 1 saturated heterocycles. The van der Waals surface area contributed by atoms with Crippen molar-refractivity contribution in [2.75, 3.05) is 26.7 Å². The minimum Gasteiger partial charge on any atom is -0.338 e. The van der Waals surface area contributed by atoms with Crippen molar-refractivity contribution in [2.24, 2.45) is 5.92 Å². The molecule has 0 radical (unpaired) electrons. The zero-order valence-corrected chi connectivity index (χ0v) is 11.5. The monoisotopic (exact) mass is 251 g/mol. The Hall–Kier alpha value is -1.21. The van der Waals surface area contributed by atoms with Crippen LogP contribution in [0.4, 0.5) is 4.79 Å². The summed E-state index contributed by atoms with van der Waals surface area (Å²) in [5, 5.41) is 5.65. The molecule has 0 aromatic heterocycles. The number of nitrogens with zero attached hydrogens (tertiary/aromatic N) is 1. The summed E-state index contributed by atoms with van der Waals surface area (Å²) in [6, 6.07) is -0.305. The SMILES string of the molecule is C#C[C@@H](CC)NC(=O)NCCC1CCN(C)CC1. The quantitative estimate of drug-likeness (QED) is 0.726. The van der Waals surface area contributed by atoms with Gasteiger partial charge in [0.1, 0.15) is 0 Å². The minimum absolute atomic E-state index is 0.146. The van der Waals surface area contributed by atoms with Crippen LogP contribution >= 0.6 is 0 Å². The zero-order valence-electron chi connectivity index (χ0n) is 11.5. The fourth-order valence-corrected chi connectivity index (χ4v) is 2.21. The van der Waals surface area contributed by atoms with Gasteiger partial charge in [0.2, 0.25) is 0 Å². The van der Waals surface area contributed by atoms with Crippen molar-refractivity contribution in [1.29, 1.82) is 0 Å². The first-order valence-electron chi connectivity index (χ1n) is 6.84. The van der Waals surface area contributed by atoms with Crippen molar-refractivity contribution < 1.29 is 4.79 Å². The van der Waals surface area contributed by atoms with Crippen molar-refractivity contribution in [3.05, 3.63) is 0 Å². The highest BCUT2D eigenvalue weighted by atomic mass is 16.2. The molecule has 1 rings (SSSR count). The van der Waals surface area contributed by atoms with Crippen LogP contribution < -0.4 is 10.6 Å². The smallest absolute Gasteiger partial charge is 0.315 e. The number of carbonyl (C=O) groups is 1. The van der Waals surface area contributed by atoms with Crippen LogP contribution in [0.15, 0.2) is 0 Å². The second-order valence-corrected chi connectivity index (χ2v) is 5.06. The van der Waals surface area contributed by atoms with Gasteiger partial charge in [-0.3, -0.25) is 0 Å². The maximum atomic E-state index is 11.5. The highest BCUT2D eigenvalue weighted by Crippen LogP contribution is 2.18. The van der Waals surface area contributed by atoms with E-state index in [4.69, 9.17) is 6.42 Å². The summed E-state index contributed by atoms with van der Waals surface area (Å²) < 4.78 is 0. The second kappa shape index (κ2) is 7.99. The third-order valence-electron chi connectivity index (χ3n) is 3.59. The molecular weight excluding hydrogens is 226 g/mol. The number of piperidine rings is 1. The summed E-state index contributed by atoms with van der Waals surface area (Å²) in [4.78, 5) is 13.9. The molecule has 1 atom stereocenters. The lowest BCUT2D eigenvalue weighted by atomic mass is 9.94. The van der Waals surface area contributed by atoms with E-state index in [0.717, 1.165) is 25.3 Å². The third-order valence-corrected chi connectivity index (χ3v) is 3.59. The lowest BCUT2D eigenvalue weighted by molar-refractivity contribution is 0.209. The van der Waals surface area contributed by atoms with Crippen LogP contribution in [0.1, 0.15) is 32.6 Å². The molecule has 0 aliphatic carbocycles. The van der Waals surface area contributed by atoms with E-state index in [1.54, 1.807) is 0 Å². The Morgan fingerprint density at radius 2 is 2.17 bits per heavy atom. The Morgan fingerprint density at radius 1 is 1.50 bits per heavy atom. The van der Waals surface area contributed by atoms with Crippen molar-refractivity contribution in [1.82, 2.24) is 15.5 Å². The van der Waals surface area contributed by atoms with Crippen LogP contribution in [-0.4, -0.2) is 43.7 Å². The molecule has 102 valence electrons. The Balaban J connectivity index is 2.10. The molecule has 18 heavy (non-hydrogen) atoms. The number of likely N-dealkylation sites (tertiary alicyclic amines) is 1. The third kappa shape index (κ3) is 5.42. The molecule has 2 amide bonds. The highest BCUT2D eigenvalue weighted by Gasteiger charge is 2.16. The Bertz CT molecular complexity index is 290. The first-order valence-corrected chi connectivity index (χ1v) is 6.84. The summed E-state index contributed by atoms with van der Waals surface area (Å²) in [6.07, 6.45) is 9.60. The van der Waals surface area contributed by atoms with E-state index in [-0.39, 0.29) is 12.1 Å². The van der Waals surface area contributed by atoms with E-state index in [0.29, 0.717) is 0 Å². The molecule has 4 nitrogen and oxygen atoms in total. The fourth-order valence-electron chi connectivity index (χ4n) is 2.21. The molecule has 1 aliphatic heterocycles. The van der Waals surface area contributed by atoms with Gasteiger partial charge >= 0.3 is 6.03 Å². The Morgan fingerprint density at radius 3 is 2.72 bits per heavy atom. The highest BCUT2D eigenvalue weighted by molar-refractivity contribution is 5.74. The van der Waals surface area contributed by atoms with Crippen LogP contribution in [0, 0.1) is 18.3 Å². The molecule has 0 bridgehead atoms. The number of rotatable bonds is 5. The number of nitrogens with one attached hydrogen (secondary N) is 2. The molecular formula is C14H25N3O. The van der Waals surface area contributed by atoms with Gasteiger partial charge < -0.3 is 15.5 Å². The molecule has 0 aromatic carbocycles. The van der Waals surface area contributed by atoms with Crippen LogP contribution in [0.25, 0.3) is 0 Å². The van der Waals surface area contributed by atoms with E-state index in [9.17, 15) is 4.79 Å². The number of hydrogen-bond donors (Lipinski definition) is 2. The van der Waals surface area contributed by atoms with E-state index in [1.165, 1.54) is 25.9 Å². The van der Waals surface area contributed by atoms with Crippen molar-refractivity contribution >= 4 is 6.03 Å². The van der Waals surface area contributed by atoms with E-state index >= 15 is 0 Å². The number of carbonyl (C=O) groups excluding carboxylic acids is 1. The van der Waals surface area contributed by atoms with Crippen LogP contribution in [0.2, 0.25) is 0 Å². The fraction of sp³-hybridized carbons (Fsp3) is 0.786. The summed E-state index contributed by atoms with van der Waals surface area (Å²) in [6.45, 7) is 5.04. The summed E-state index contributed by atoms with van der Waals surface area (Å²) in [5.74, 6) is 3.30. The zero-order chi connectivity index (χ0) is 13.4. The van der Waals surface area contributed by atoms with E-state index < -0.39 is 0 Å². The average Bonchev–Trinajstić information content (AvgIpc) is 2.38. The molecule has 1 heterocycles. The maximum absolute atomic E-state index is 11.5. The molecule has 1 aliphatic rings. The molecule has 4 heteroatoms. The number of amides is 2. The predicted molar refractivity (Wildman–Crippen MR) is 74.3 cm³/mol. The van der Waals surface area contributed by atoms with Crippen LogP contribution in [-0.2, 0) is 0 Å². The standard InChI is InChI=1S/C14H25N3O/c1-4-13(5-2)16-14(18)15-9-6-12-7-10-17(3)11-8-12/h1,12-13H,5-11H2,2-3H3,(H2,15,16,18)/t13-/m0/s1. The van der Waals surface area contributed by atoms with Crippen LogP contribution in [0.3, 0.4) is 0 Å². The van der Waals surface area contributed by atoms with Crippen molar-refractivity contribution in [2.45, 2.75) is 38.6 Å². The van der Waals surface area contributed by atoms with E-state index in [1.807, 2.05) is 6.92 Å². The summed E-state index contributed by atoms with van der Waals surface area (Å²) >= 11 is 0. The van der Waals surface area contributed by atoms with Gasteiger partial charge in [0, 0.05) is 6.54 Å². The lowest BCUT2D eigenvalue weighted by Crippen LogP contribution is -2.42. The first kappa shape index (κ1) is 14.8. The number of hydrogen-bond acceptors (Lipinski definition) is 2. The van der Waals surface area contributed by atoms with Gasteiger partial charge in [0.05, 0.1) is 6.04 Å². The largest absolute Gasteiger partial charge is 0.338 e. The lowest BCUT2D eigenvalue weighted by Gasteiger charge is -2.28. The number of urea groups is 1. The predicted octanol–water partition coefficient (Wildman–Crippen LogP) is 1.43. The van der Waals surface area contributed by atoms with Gasteiger partial charge in [-0.1, -0.05) is 12.8 Å². The average molecular weight is 251 g/mol. The first-order chi connectivity index (χ1) is 8.65. The Kier molecular flexibility index (Phi) is 6.59.